The molecule has 0 fully saturated rings. The van der Waals surface area contributed by atoms with Crippen molar-refractivity contribution in [2.75, 3.05) is 34.0 Å². The van der Waals surface area contributed by atoms with Crippen LogP contribution < -0.4 is 26.3 Å². The zero-order valence-corrected chi connectivity index (χ0v) is 27.2. The molecule has 10 nitrogen and oxygen atoms in total. The molecule has 0 saturated heterocycles. The van der Waals surface area contributed by atoms with E-state index < -0.39 is 35.4 Å². The Morgan fingerprint density at radius 3 is 2.17 bits per heavy atom. The van der Waals surface area contributed by atoms with E-state index >= 15 is 0 Å². The molecule has 2 amide bonds. The number of hydrogen-bond donors (Lipinski definition) is 3. The summed E-state index contributed by atoms with van der Waals surface area (Å²) in [6.07, 6.45) is 1.72. The molecule has 0 aliphatic carbocycles. The Balaban J connectivity index is 3.08. The average molecular weight is 594 g/mol. The van der Waals surface area contributed by atoms with E-state index in [-0.39, 0.29) is 30.7 Å². The van der Waals surface area contributed by atoms with Crippen molar-refractivity contribution in [3.05, 3.63) is 23.8 Å². The minimum Gasteiger partial charge on any atom is -0.493 e. The van der Waals surface area contributed by atoms with Crippen LogP contribution in [0.5, 0.6) is 11.5 Å². The maximum Gasteiger partial charge on any atom is 0.302 e. The third kappa shape index (κ3) is 12.6. The minimum atomic E-state index is -0.885. The van der Waals surface area contributed by atoms with E-state index in [1.54, 1.807) is 28.1 Å². The molecule has 4 atom stereocenters. The third-order valence-electron chi connectivity index (χ3n) is 7.79. The molecule has 1 aromatic rings. The molecule has 0 aromatic heterocycles. The van der Waals surface area contributed by atoms with Crippen LogP contribution >= 0.6 is 0 Å². The molecule has 1 rings (SSSR count). The van der Waals surface area contributed by atoms with E-state index in [0.717, 1.165) is 18.4 Å². The van der Waals surface area contributed by atoms with Gasteiger partial charge in [-0.3, -0.25) is 14.4 Å². The summed E-state index contributed by atoms with van der Waals surface area (Å²) in [4.78, 5) is 37.0. The number of nitrogens with two attached hydrogens (primary N) is 2. The van der Waals surface area contributed by atoms with Crippen LogP contribution in [0.4, 0.5) is 0 Å². The van der Waals surface area contributed by atoms with Crippen LogP contribution in [-0.2, 0) is 30.3 Å². The van der Waals surface area contributed by atoms with E-state index in [2.05, 4.69) is 19.2 Å². The Kier molecular flexibility index (Phi) is 15.9. The van der Waals surface area contributed by atoms with Gasteiger partial charge in [0.2, 0.25) is 11.8 Å². The number of benzene rings is 1. The van der Waals surface area contributed by atoms with Crippen LogP contribution in [0.25, 0.3) is 0 Å². The highest BCUT2D eigenvalue weighted by Gasteiger charge is 2.34. The normalized spacial score (nSPS) is 14.7. The standard InChI is InChI=1S/C32H55N3O7/c1-20(2)24(15-23-11-12-27(40-9)29(16-23)41-14-10-13-39-8)17-26(33)28(42-22(5)36)18-25(21(3)4)30(37)35-19-32(6,7)31(34)38/h11-12,16,20-21,24-26,28H,10,13-15,17-19,33H2,1-9H3,(H2,34,38)(H,35,37)/t24-,25-,26-,28-/m0/s1. The van der Waals surface area contributed by atoms with Gasteiger partial charge in [-0.05, 0) is 68.6 Å². The molecule has 0 radical (unpaired) electrons. The van der Waals surface area contributed by atoms with Crippen LogP contribution in [0.15, 0.2) is 18.2 Å². The number of hydrogen-bond acceptors (Lipinski definition) is 8. The molecule has 42 heavy (non-hydrogen) atoms. The van der Waals surface area contributed by atoms with Gasteiger partial charge in [0, 0.05) is 45.6 Å². The summed E-state index contributed by atoms with van der Waals surface area (Å²) in [7, 11) is 3.28. The topological polar surface area (TPSA) is 152 Å². The molecule has 10 heteroatoms. The fourth-order valence-electron chi connectivity index (χ4n) is 4.72. The maximum absolute atomic E-state index is 13.2. The number of ether oxygens (including phenoxy) is 4. The van der Waals surface area contributed by atoms with Crippen molar-refractivity contribution in [3.63, 3.8) is 0 Å². The number of rotatable bonds is 20. The van der Waals surface area contributed by atoms with Crippen LogP contribution in [-0.4, -0.2) is 63.9 Å². The molecule has 0 heterocycles. The van der Waals surface area contributed by atoms with Gasteiger partial charge in [-0.25, -0.2) is 0 Å². The summed E-state index contributed by atoms with van der Waals surface area (Å²) in [5.74, 6) is 0.139. The Morgan fingerprint density at radius 2 is 1.64 bits per heavy atom. The van der Waals surface area contributed by atoms with Gasteiger partial charge in [0.15, 0.2) is 11.5 Å². The van der Waals surface area contributed by atoms with E-state index in [0.29, 0.717) is 37.1 Å². The van der Waals surface area contributed by atoms with E-state index in [1.807, 2.05) is 32.0 Å². The SMILES string of the molecule is COCCCOc1cc(C[C@@H](C[C@H](N)[C@H](C[C@H](C(=O)NCC(C)(C)C(N)=O)C(C)C)OC(C)=O)C(C)C)ccc1OC. The lowest BCUT2D eigenvalue weighted by Gasteiger charge is -2.32. The number of esters is 1. The van der Waals surface area contributed by atoms with Crippen LogP contribution in [0.3, 0.4) is 0 Å². The van der Waals surface area contributed by atoms with Gasteiger partial charge < -0.3 is 35.7 Å². The molecule has 0 unspecified atom stereocenters. The fraction of sp³-hybridized carbons (Fsp3) is 0.719. The van der Waals surface area contributed by atoms with Crippen molar-refractivity contribution < 1.29 is 33.3 Å². The lowest BCUT2D eigenvalue weighted by atomic mass is 9.80. The summed E-state index contributed by atoms with van der Waals surface area (Å²) in [6, 6.07) is 5.45. The predicted molar refractivity (Wildman–Crippen MR) is 164 cm³/mol. The van der Waals surface area contributed by atoms with E-state index in [1.165, 1.54) is 6.92 Å². The van der Waals surface area contributed by atoms with Gasteiger partial charge in [0.1, 0.15) is 6.10 Å². The van der Waals surface area contributed by atoms with Crippen LogP contribution in [0.2, 0.25) is 0 Å². The largest absolute Gasteiger partial charge is 0.493 e. The van der Waals surface area contributed by atoms with Gasteiger partial charge in [-0.2, -0.15) is 0 Å². The summed E-state index contributed by atoms with van der Waals surface area (Å²) in [5, 5.41) is 2.86. The highest BCUT2D eigenvalue weighted by Crippen LogP contribution is 2.32. The summed E-state index contributed by atoms with van der Waals surface area (Å²) in [6.45, 7) is 14.1. The second-order valence-electron chi connectivity index (χ2n) is 12.5. The quantitative estimate of drug-likeness (QED) is 0.152. The number of nitrogens with one attached hydrogen (secondary N) is 1. The molecule has 0 aliphatic rings. The Bertz CT molecular complexity index is 996. The second kappa shape index (κ2) is 18.0. The van der Waals surface area contributed by atoms with Crippen molar-refractivity contribution in [2.45, 2.75) is 86.3 Å². The van der Waals surface area contributed by atoms with Gasteiger partial charge in [-0.1, -0.05) is 33.8 Å². The van der Waals surface area contributed by atoms with Gasteiger partial charge in [0.05, 0.1) is 19.1 Å². The fourth-order valence-corrected chi connectivity index (χ4v) is 4.72. The highest BCUT2D eigenvalue weighted by molar-refractivity contribution is 5.83. The number of carbonyl (C=O) groups excluding carboxylic acids is 3. The molecule has 1 aromatic carbocycles. The second-order valence-corrected chi connectivity index (χ2v) is 12.5. The van der Waals surface area contributed by atoms with Gasteiger partial charge in [0.25, 0.3) is 0 Å². The summed E-state index contributed by atoms with van der Waals surface area (Å²) in [5.41, 5.74) is 12.4. The summed E-state index contributed by atoms with van der Waals surface area (Å²) >= 11 is 0. The first-order valence-electron chi connectivity index (χ1n) is 14.9. The zero-order chi connectivity index (χ0) is 32.0. The molecular formula is C32H55N3O7. The molecule has 0 spiro atoms. The van der Waals surface area contributed by atoms with Gasteiger partial charge in [-0.15, -0.1) is 0 Å². The number of primary amides is 1. The number of carbonyl (C=O) groups is 3. The van der Waals surface area contributed by atoms with E-state index in [4.69, 9.17) is 30.4 Å². The van der Waals surface area contributed by atoms with Crippen molar-refractivity contribution >= 4 is 17.8 Å². The summed E-state index contributed by atoms with van der Waals surface area (Å²) < 4.78 is 22.3. The third-order valence-corrected chi connectivity index (χ3v) is 7.79. The lowest BCUT2D eigenvalue weighted by Crippen LogP contribution is -2.47. The maximum atomic E-state index is 13.2. The van der Waals surface area contributed by atoms with Crippen molar-refractivity contribution in [3.8, 4) is 11.5 Å². The lowest BCUT2D eigenvalue weighted by molar-refractivity contribution is -0.150. The van der Waals surface area contributed by atoms with Gasteiger partial charge >= 0.3 is 5.97 Å². The van der Waals surface area contributed by atoms with E-state index in [9.17, 15) is 14.4 Å². The molecule has 0 bridgehead atoms. The monoisotopic (exact) mass is 593 g/mol. The molecule has 0 saturated carbocycles. The first-order valence-corrected chi connectivity index (χ1v) is 14.9. The average Bonchev–Trinajstić information content (AvgIpc) is 2.91. The van der Waals surface area contributed by atoms with Crippen molar-refractivity contribution in [1.82, 2.24) is 5.32 Å². The Morgan fingerprint density at radius 1 is 0.976 bits per heavy atom. The molecule has 5 N–H and O–H groups in total. The van der Waals surface area contributed by atoms with Crippen LogP contribution in [0, 0.1) is 29.1 Å². The Labute approximate surface area is 252 Å². The number of amides is 2. The number of methoxy groups -OCH3 is 2. The first-order chi connectivity index (χ1) is 19.6. The highest BCUT2D eigenvalue weighted by atomic mass is 16.5. The molecule has 0 aliphatic heterocycles. The van der Waals surface area contributed by atoms with Crippen LogP contribution in [0.1, 0.15) is 73.3 Å². The molecule has 240 valence electrons. The Hall–Kier alpha value is -2.85. The predicted octanol–water partition coefficient (Wildman–Crippen LogP) is 3.86. The molecular weight excluding hydrogens is 538 g/mol. The van der Waals surface area contributed by atoms with Crippen molar-refractivity contribution in [2.24, 2.45) is 40.6 Å². The first kappa shape index (κ1) is 37.2. The smallest absolute Gasteiger partial charge is 0.302 e. The minimum absolute atomic E-state index is 0.0468. The van der Waals surface area contributed by atoms with Crippen molar-refractivity contribution in [1.29, 1.82) is 0 Å². The zero-order valence-electron chi connectivity index (χ0n) is 27.2.